The average Bonchev–Trinajstić information content (AvgIpc) is 2.54. The zero-order valence-electron chi connectivity index (χ0n) is 13.9. The first-order chi connectivity index (χ1) is 11.0. The van der Waals surface area contributed by atoms with Gasteiger partial charge in [0.15, 0.2) is 0 Å². The van der Waals surface area contributed by atoms with E-state index in [1.165, 1.54) is 10.6 Å². The fraction of sp³-hybridized carbons (Fsp3) is 0.471. The molecular formula is C17H23ClN4O2. The Bertz CT molecular complexity index is 795. The highest BCUT2D eigenvalue weighted by atomic mass is 35.5. The number of nitrogens with two attached hydrogens (primary N) is 1. The largest absolute Gasteiger partial charge is 0.338 e. The van der Waals surface area contributed by atoms with Gasteiger partial charge in [0.1, 0.15) is 11.2 Å². The molecule has 1 aliphatic rings. The lowest BCUT2D eigenvalue weighted by molar-refractivity contribution is 0.0678. The number of rotatable bonds is 2. The molecule has 1 fully saturated rings. The zero-order valence-corrected chi connectivity index (χ0v) is 14.8. The minimum atomic E-state index is -0.311. The third-order valence-electron chi connectivity index (χ3n) is 4.67. The Balaban J connectivity index is 0.00000208. The van der Waals surface area contributed by atoms with Crippen LogP contribution in [0.3, 0.4) is 0 Å². The summed E-state index contributed by atoms with van der Waals surface area (Å²) in [5, 5.41) is 0. The first-order valence-corrected chi connectivity index (χ1v) is 8.00. The molecule has 2 aromatic heterocycles. The standard InChI is InChI=1S/C17H22N4O2.ClH/c1-11-3-8-21-15(9-11)19-10-14(17(21)23)16(22)20-6-4-13(5-7-20)12(2)18;/h3,8-10,12-13H,4-7,18H2,1-2H3;1H. The van der Waals surface area contributed by atoms with E-state index >= 15 is 0 Å². The molecule has 1 atom stereocenters. The van der Waals surface area contributed by atoms with Crippen LogP contribution in [0.1, 0.15) is 35.7 Å². The van der Waals surface area contributed by atoms with Crippen LogP contribution in [0.25, 0.3) is 5.65 Å². The molecule has 1 unspecified atom stereocenters. The molecule has 6 nitrogen and oxygen atoms in total. The number of hydrogen-bond donors (Lipinski definition) is 1. The Morgan fingerprint density at radius 1 is 1.38 bits per heavy atom. The van der Waals surface area contributed by atoms with Gasteiger partial charge in [0, 0.05) is 31.5 Å². The van der Waals surface area contributed by atoms with Crippen molar-refractivity contribution in [1.29, 1.82) is 0 Å². The third kappa shape index (κ3) is 3.44. The number of carbonyl (C=O) groups is 1. The molecule has 2 aromatic rings. The summed E-state index contributed by atoms with van der Waals surface area (Å²) in [5.74, 6) is 0.207. The van der Waals surface area contributed by atoms with Crippen molar-refractivity contribution in [3.05, 3.63) is 46.0 Å². The first-order valence-electron chi connectivity index (χ1n) is 8.00. The number of aromatic nitrogens is 2. The number of fused-ring (bicyclic) bond motifs is 1. The minimum absolute atomic E-state index is 0. The summed E-state index contributed by atoms with van der Waals surface area (Å²) in [6.45, 7) is 5.22. The number of amides is 1. The molecule has 0 aromatic carbocycles. The van der Waals surface area contributed by atoms with Gasteiger partial charge in [-0.05, 0) is 50.3 Å². The maximum atomic E-state index is 12.6. The average molecular weight is 351 g/mol. The predicted octanol–water partition coefficient (Wildman–Crippen LogP) is 1.62. The number of aryl methyl sites for hydroxylation is 1. The second-order valence-electron chi connectivity index (χ2n) is 6.40. The molecule has 2 N–H and O–H groups in total. The molecule has 1 amide bonds. The van der Waals surface area contributed by atoms with Crippen molar-refractivity contribution in [3.8, 4) is 0 Å². The number of halogens is 1. The number of piperidine rings is 1. The van der Waals surface area contributed by atoms with Gasteiger partial charge in [0.05, 0.1) is 0 Å². The highest BCUT2D eigenvalue weighted by molar-refractivity contribution is 5.93. The van der Waals surface area contributed by atoms with Crippen molar-refractivity contribution in [1.82, 2.24) is 14.3 Å². The lowest BCUT2D eigenvalue weighted by Gasteiger charge is -2.33. The van der Waals surface area contributed by atoms with Crippen LogP contribution in [0.4, 0.5) is 0 Å². The van der Waals surface area contributed by atoms with Crippen LogP contribution in [0.15, 0.2) is 29.3 Å². The van der Waals surface area contributed by atoms with Crippen LogP contribution in [0.2, 0.25) is 0 Å². The third-order valence-corrected chi connectivity index (χ3v) is 4.67. The SMILES string of the molecule is Cc1ccn2c(=O)c(C(=O)N3CCC(C(C)N)CC3)cnc2c1.Cl. The molecule has 1 saturated heterocycles. The lowest BCUT2D eigenvalue weighted by atomic mass is 9.91. The summed E-state index contributed by atoms with van der Waals surface area (Å²) >= 11 is 0. The number of hydrogen-bond acceptors (Lipinski definition) is 4. The van der Waals surface area contributed by atoms with E-state index in [-0.39, 0.29) is 35.5 Å². The Morgan fingerprint density at radius 2 is 2.04 bits per heavy atom. The second-order valence-corrected chi connectivity index (χ2v) is 6.40. The molecule has 24 heavy (non-hydrogen) atoms. The monoisotopic (exact) mass is 350 g/mol. The molecule has 3 heterocycles. The van der Waals surface area contributed by atoms with Crippen molar-refractivity contribution in [3.63, 3.8) is 0 Å². The van der Waals surface area contributed by atoms with E-state index < -0.39 is 0 Å². The van der Waals surface area contributed by atoms with E-state index in [0.29, 0.717) is 24.7 Å². The molecule has 130 valence electrons. The molecule has 0 spiro atoms. The van der Waals surface area contributed by atoms with Crippen molar-refractivity contribution in [2.45, 2.75) is 32.7 Å². The van der Waals surface area contributed by atoms with E-state index in [1.54, 1.807) is 11.1 Å². The fourth-order valence-corrected chi connectivity index (χ4v) is 3.12. The van der Waals surface area contributed by atoms with Crippen LogP contribution in [-0.2, 0) is 0 Å². The summed E-state index contributed by atoms with van der Waals surface area (Å²) in [5.41, 5.74) is 7.33. The van der Waals surface area contributed by atoms with Gasteiger partial charge in [-0.2, -0.15) is 0 Å². The van der Waals surface area contributed by atoms with Crippen molar-refractivity contribution in [2.75, 3.05) is 13.1 Å². The minimum Gasteiger partial charge on any atom is -0.338 e. The Kier molecular flexibility index (Phi) is 5.62. The van der Waals surface area contributed by atoms with Gasteiger partial charge in [-0.25, -0.2) is 4.98 Å². The van der Waals surface area contributed by atoms with E-state index in [1.807, 2.05) is 26.0 Å². The van der Waals surface area contributed by atoms with Crippen LogP contribution >= 0.6 is 12.4 Å². The molecular weight excluding hydrogens is 328 g/mol. The van der Waals surface area contributed by atoms with E-state index in [0.717, 1.165) is 18.4 Å². The summed E-state index contributed by atoms with van der Waals surface area (Å²) in [7, 11) is 0. The Morgan fingerprint density at radius 3 is 2.67 bits per heavy atom. The van der Waals surface area contributed by atoms with Gasteiger partial charge in [0.2, 0.25) is 0 Å². The second kappa shape index (κ2) is 7.32. The van der Waals surface area contributed by atoms with Crippen LogP contribution in [0, 0.1) is 12.8 Å². The van der Waals surface area contributed by atoms with Crippen LogP contribution in [-0.4, -0.2) is 39.3 Å². The molecule has 7 heteroatoms. The first kappa shape index (κ1) is 18.4. The van der Waals surface area contributed by atoms with E-state index in [9.17, 15) is 9.59 Å². The quantitative estimate of drug-likeness (QED) is 0.892. The number of carbonyl (C=O) groups excluding carboxylic acids is 1. The number of pyridine rings is 1. The van der Waals surface area contributed by atoms with Crippen molar-refractivity contribution < 1.29 is 4.79 Å². The van der Waals surface area contributed by atoms with Crippen molar-refractivity contribution in [2.24, 2.45) is 11.7 Å². The van der Waals surface area contributed by atoms with Crippen LogP contribution < -0.4 is 11.3 Å². The molecule has 0 aliphatic carbocycles. The number of nitrogens with zero attached hydrogens (tertiary/aromatic N) is 3. The summed E-state index contributed by atoms with van der Waals surface area (Å²) in [4.78, 5) is 31.2. The molecule has 3 rings (SSSR count). The van der Waals surface area contributed by atoms with Gasteiger partial charge in [-0.3, -0.25) is 14.0 Å². The van der Waals surface area contributed by atoms with Crippen molar-refractivity contribution >= 4 is 24.0 Å². The van der Waals surface area contributed by atoms with Gasteiger partial charge in [-0.1, -0.05) is 0 Å². The van der Waals surface area contributed by atoms with Crippen LogP contribution in [0.5, 0.6) is 0 Å². The molecule has 0 saturated carbocycles. The Labute approximate surface area is 147 Å². The highest BCUT2D eigenvalue weighted by Crippen LogP contribution is 2.20. The topological polar surface area (TPSA) is 80.7 Å². The maximum Gasteiger partial charge on any atom is 0.270 e. The van der Waals surface area contributed by atoms with E-state index in [4.69, 9.17) is 5.73 Å². The summed E-state index contributed by atoms with van der Waals surface area (Å²) in [6.07, 6.45) is 4.83. The lowest BCUT2D eigenvalue weighted by Crippen LogP contribution is -2.44. The smallest absolute Gasteiger partial charge is 0.270 e. The summed E-state index contributed by atoms with van der Waals surface area (Å²) < 4.78 is 1.43. The Hall–Kier alpha value is -1.92. The molecule has 0 radical (unpaired) electrons. The van der Waals surface area contributed by atoms with Gasteiger partial charge in [0.25, 0.3) is 11.5 Å². The maximum absolute atomic E-state index is 12.6. The normalized spacial score (nSPS) is 16.7. The predicted molar refractivity (Wildman–Crippen MR) is 95.7 cm³/mol. The fourth-order valence-electron chi connectivity index (χ4n) is 3.12. The van der Waals surface area contributed by atoms with E-state index in [2.05, 4.69) is 4.98 Å². The highest BCUT2D eigenvalue weighted by Gasteiger charge is 2.27. The summed E-state index contributed by atoms with van der Waals surface area (Å²) in [6, 6.07) is 3.80. The van der Waals surface area contributed by atoms with Gasteiger partial charge in [-0.15, -0.1) is 12.4 Å². The number of likely N-dealkylation sites (tertiary alicyclic amines) is 1. The molecule has 1 aliphatic heterocycles. The zero-order chi connectivity index (χ0) is 16.6. The van der Waals surface area contributed by atoms with Gasteiger partial charge < -0.3 is 10.6 Å². The van der Waals surface area contributed by atoms with Gasteiger partial charge >= 0.3 is 0 Å². The molecule has 0 bridgehead atoms.